The number of halogens is 1. The van der Waals surface area contributed by atoms with Gasteiger partial charge in [0, 0.05) is 10.6 Å². The van der Waals surface area contributed by atoms with Crippen molar-refractivity contribution in [3.05, 3.63) is 23.2 Å². The molecule has 4 heteroatoms. The van der Waals surface area contributed by atoms with Crippen LogP contribution in [0.4, 0.5) is 5.69 Å². The molecule has 0 atom stereocenters. The molecular weight excluding hydrogens is 242 g/mol. The third-order valence-electron chi connectivity index (χ3n) is 3.51. The van der Waals surface area contributed by atoms with E-state index in [1.165, 1.54) is 0 Å². The lowest BCUT2D eigenvalue weighted by molar-refractivity contribution is -0.128. The quantitative estimate of drug-likeness (QED) is 0.766. The van der Waals surface area contributed by atoms with E-state index >= 15 is 0 Å². The van der Waals surface area contributed by atoms with E-state index in [1.807, 2.05) is 18.2 Å². The molecule has 1 heterocycles. The molecule has 1 saturated carbocycles. The zero-order valence-electron chi connectivity index (χ0n) is 8.75. The first-order valence-corrected chi connectivity index (χ1v) is 6.80. The van der Waals surface area contributed by atoms with Crippen molar-refractivity contribution < 1.29 is 4.79 Å². The number of fused-ring (bicyclic) bond motifs is 1. The number of nitrogens with one attached hydrogen (secondary N) is 1. The molecule has 0 bridgehead atoms. The zero-order chi connectivity index (χ0) is 11.2. The summed E-state index contributed by atoms with van der Waals surface area (Å²) in [6.45, 7) is 0. The fraction of sp³-hybridized carbons (Fsp3) is 0.417. The largest absolute Gasteiger partial charge is 0.323 e. The number of hydrogen-bond acceptors (Lipinski definition) is 2. The van der Waals surface area contributed by atoms with Crippen molar-refractivity contribution in [2.24, 2.45) is 5.41 Å². The van der Waals surface area contributed by atoms with E-state index < -0.39 is 0 Å². The van der Waals surface area contributed by atoms with Crippen LogP contribution in [0.5, 0.6) is 0 Å². The fourth-order valence-electron chi connectivity index (χ4n) is 2.25. The summed E-state index contributed by atoms with van der Waals surface area (Å²) in [6, 6.07) is 5.77. The molecule has 1 aliphatic heterocycles. The number of thioether (sulfide) groups is 1. The average molecular weight is 254 g/mol. The third-order valence-corrected chi connectivity index (χ3v) is 5.17. The highest BCUT2D eigenvalue weighted by Crippen LogP contribution is 2.49. The highest BCUT2D eigenvalue weighted by molar-refractivity contribution is 7.99. The van der Waals surface area contributed by atoms with Crippen LogP contribution in [-0.4, -0.2) is 11.7 Å². The van der Waals surface area contributed by atoms with Crippen LogP contribution < -0.4 is 5.32 Å². The molecule has 1 aromatic carbocycles. The second-order valence-electron chi connectivity index (χ2n) is 4.49. The van der Waals surface area contributed by atoms with E-state index in [0.29, 0.717) is 5.02 Å². The Balaban J connectivity index is 2.00. The normalized spacial score (nSPS) is 21.9. The molecule has 16 heavy (non-hydrogen) atoms. The summed E-state index contributed by atoms with van der Waals surface area (Å²) in [5, 5.41) is 3.63. The summed E-state index contributed by atoms with van der Waals surface area (Å²) in [6.07, 6.45) is 3.19. The third kappa shape index (κ3) is 1.45. The molecule has 1 N–H and O–H groups in total. The Hall–Kier alpha value is -0.670. The van der Waals surface area contributed by atoms with Crippen molar-refractivity contribution in [2.75, 3.05) is 11.1 Å². The number of carbonyl (C=O) groups is 1. The maximum Gasteiger partial charge on any atom is 0.231 e. The van der Waals surface area contributed by atoms with Crippen LogP contribution in [0.3, 0.4) is 0 Å². The van der Waals surface area contributed by atoms with Gasteiger partial charge in [0.15, 0.2) is 0 Å². The van der Waals surface area contributed by atoms with E-state index in [2.05, 4.69) is 5.32 Å². The number of benzene rings is 1. The molecular formula is C12H12ClNOS. The predicted octanol–water partition coefficient (Wildman–Crippen LogP) is 3.55. The SMILES string of the molecule is O=C1Nc2c(Cl)cccc2SCC12CCC2. The van der Waals surface area contributed by atoms with Gasteiger partial charge in [-0.2, -0.15) is 0 Å². The number of anilines is 1. The second-order valence-corrected chi connectivity index (χ2v) is 5.91. The maximum atomic E-state index is 12.2. The smallest absolute Gasteiger partial charge is 0.231 e. The van der Waals surface area contributed by atoms with E-state index in [1.54, 1.807) is 11.8 Å². The Morgan fingerprint density at radius 2 is 2.19 bits per heavy atom. The standard InChI is InChI=1S/C12H12ClNOS/c13-8-3-1-4-9-10(8)14-11(15)12(7-16-9)5-2-6-12/h1,3-4H,2,5-7H2,(H,14,15). The fourth-order valence-corrected chi connectivity index (χ4v) is 3.86. The van der Waals surface area contributed by atoms with Gasteiger partial charge in [-0.05, 0) is 25.0 Å². The molecule has 1 aromatic rings. The lowest BCUT2D eigenvalue weighted by atomic mass is 9.69. The number of rotatable bonds is 0. The lowest BCUT2D eigenvalue weighted by Crippen LogP contribution is -2.43. The van der Waals surface area contributed by atoms with Crippen molar-refractivity contribution in [1.29, 1.82) is 0 Å². The average Bonchev–Trinajstić information content (AvgIpc) is 2.35. The van der Waals surface area contributed by atoms with E-state index in [0.717, 1.165) is 35.6 Å². The summed E-state index contributed by atoms with van der Waals surface area (Å²) < 4.78 is 0. The van der Waals surface area contributed by atoms with E-state index in [9.17, 15) is 4.79 Å². The van der Waals surface area contributed by atoms with Crippen molar-refractivity contribution in [3.8, 4) is 0 Å². The Labute approximate surface area is 104 Å². The van der Waals surface area contributed by atoms with Gasteiger partial charge in [0.05, 0.1) is 16.1 Å². The van der Waals surface area contributed by atoms with Crippen molar-refractivity contribution in [3.63, 3.8) is 0 Å². The van der Waals surface area contributed by atoms with Gasteiger partial charge in [0.2, 0.25) is 5.91 Å². The number of carbonyl (C=O) groups excluding carboxylic acids is 1. The van der Waals surface area contributed by atoms with Crippen molar-refractivity contribution >= 4 is 35.0 Å². The summed E-state index contributed by atoms with van der Waals surface area (Å²) in [7, 11) is 0. The summed E-state index contributed by atoms with van der Waals surface area (Å²) in [5.41, 5.74) is 0.662. The first-order chi connectivity index (χ1) is 7.71. The first kappa shape index (κ1) is 10.5. The molecule has 0 aromatic heterocycles. The number of amides is 1. The minimum Gasteiger partial charge on any atom is -0.323 e. The van der Waals surface area contributed by atoms with Crippen LogP contribution in [0.25, 0.3) is 0 Å². The van der Waals surface area contributed by atoms with Gasteiger partial charge in [-0.1, -0.05) is 24.1 Å². The molecule has 0 unspecified atom stereocenters. The van der Waals surface area contributed by atoms with Gasteiger partial charge in [0.25, 0.3) is 0 Å². The van der Waals surface area contributed by atoms with Gasteiger partial charge < -0.3 is 5.32 Å². The second kappa shape index (κ2) is 3.67. The molecule has 1 spiro atoms. The molecule has 2 aliphatic rings. The lowest BCUT2D eigenvalue weighted by Gasteiger charge is -2.38. The molecule has 0 saturated heterocycles. The number of hydrogen-bond donors (Lipinski definition) is 1. The number of para-hydroxylation sites is 1. The van der Waals surface area contributed by atoms with Crippen molar-refractivity contribution in [2.45, 2.75) is 24.2 Å². The molecule has 1 aliphatic carbocycles. The summed E-state index contributed by atoms with van der Waals surface area (Å²) in [5.74, 6) is 1.03. The van der Waals surface area contributed by atoms with Crippen LogP contribution in [0.15, 0.2) is 23.1 Å². The summed E-state index contributed by atoms with van der Waals surface area (Å²) >= 11 is 7.85. The highest BCUT2D eigenvalue weighted by atomic mass is 35.5. The van der Waals surface area contributed by atoms with Crippen LogP contribution >= 0.6 is 23.4 Å². The molecule has 3 rings (SSSR count). The minimum atomic E-state index is -0.132. The molecule has 0 radical (unpaired) electrons. The van der Waals surface area contributed by atoms with Crippen molar-refractivity contribution in [1.82, 2.24) is 0 Å². The Morgan fingerprint density at radius 1 is 1.38 bits per heavy atom. The molecule has 1 amide bonds. The van der Waals surface area contributed by atoms with Gasteiger partial charge in [0.1, 0.15) is 0 Å². The van der Waals surface area contributed by atoms with Gasteiger partial charge in [-0.3, -0.25) is 4.79 Å². The minimum absolute atomic E-state index is 0.132. The molecule has 1 fully saturated rings. The molecule has 84 valence electrons. The van der Waals surface area contributed by atoms with Gasteiger partial charge >= 0.3 is 0 Å². The van der Waals surface area contributed by atoms with Crippen LogP contribution in [0.1, 0.15) is 19.3 Å². The Kier molecular flexibility index (Phi) is 2.41. The van der Waals surface area contributed by atoms with E-state index in [4.69, 9.17) is 11.6 Å². The summed E-state index contributed by atoms with van der Waals surface area (Å²) in [4.78, 5) is 13.2. The maximum absolute atomic E-state index is 12.2. The van der Waals surface area contributed by atoms with Crippen LogP contribution in [0.2, 0.25) is 5.02 Å². The van der Waals surface area contributed by atoms with Gasteiger partial charge in [-0.15, -0.1) is 11.8 Å². The van der Waals surface area contributed by atoms with Crippen LogP contribution in [-0.2, 0) is 4.79 Å². The first-order valence-electron chi connectivity index (χ1n) is 5.44. The Bertz CT molecular complexity index is 456. The van der Waals surface area contributed by atoms with Gasteiger partial charge in [-0.25, -0.2) is 0 Å². The topological polar surface area (TPSA) is 29.1 Å². The predicted molar refractivity (Wildman–Crippen MR) is 67.1 cm³/mol. The highest BCUT2D eigenvalue weighted by Gasteiger charge is 2.45. The monoisotopic (exact) mass is 253 g/mol. The molecule has 2 nitrogen and oxygen atoms in total. The van der Waals surface area contributed by atoms with E-state index in [-0.39, 0.29) is 11.3 Å². The van der Waals surface area contributed by atoms with Crippen LogP contribution in [0, 0.1) is 5.41 Å². The zero-order valence-corrected chi connectivity index (χ0v) is 10.3. The Morgan fingerprint density at radius 3 is 2.88 bits per heavy atom.